The summed E-state index contributed by atoms with van der Waals surface area (Å²) < 4.78 is 35.8. The molecule has 3 aromatic carbocycles. The molecule has 2 heterocycles. The van der Waals surface area contributed by atoms with E-state index in [0.717, 1.165) is 41.6 Å². The number of fused-ring (bicyclic) bond motifs is 3. The largest absolute Gasteiger partial charge is 0.461 e. The lowest BCUT2D eigenvalue weighted by atomic mass is 9.88. The Morgan fingerprint density at radius 1 is 1.12 bits per heavy atom. The number of aryl methyl sites for hydroxylation is 2. The summed E-state index contributed by atoms with van der Waals surface area (Å²) in [5, 5.41) is 4.94. The second-order valence-corrected chi connectivity index (χ2v) is 10.6. The lowest BCUT2D eigenvalue weighted by molar-refractivity contribution is 0.103. The number of anilines is 2. The Labute approximate surface area is 185 Å². The molecule has 32 heavy (non-hydrogen) atoms. The van der Waals surface area contributed by atoms with E-state index in [1.807, 2.05) is 19.1 Å². The molecular formula is C25H22N2O4S. The fourth-order valence-electron chi connectivity index (χ4n) is 5.01. The van der Waals surface area contributed by atoms with Gasteiger partial charge >= 0.3 is 0 Å². The second kappa shape index (κ2) is 6.59. The van der Waals surface area contributed by atoms with Crippen molar-refractivity contribution in [3.8, 4) is 0 Å². The third-order valence-electron chi connectivity index (χ3n) is 6.67. The average Bonchev–Trinajstić information content (AvgIpc) is 3.26. The maximum Gasteiger partial charge on any atom is 0.262 e. The topological polar surface area (TPSA) is 88.4 Å². The molecule has 7 heteroatoms. The molecule has 1 aliphatic heterocycles. The van der Waals surface area contributed by atoms with Gasteiger partial charge < -0.3 is 9.73 Å². The Hall–Kier alpha value is -3.32. The number of carbonyl (C=O) groups excluding carboxylic acids is 1. The molecule has 1 amide bonds. The summed E-state index contributed by atoms with van der Waals surface area (Å²) in [6.45, 7) is 4.10. The fraction of sp³-hybridized carbons (Fsp3) is 0.240. The molecule has 162 valence electrons. The first-order valence-corrected chi connectivity index (χ1v) is 12.2. The van der Waals surface area contributed by atoms with Gasteiger partial charge in [0.1, 0.15) is 11.3 Å². The summed E-state index contributed by atoms with van der Waals surface area (Å²) in [6.07, 6.45) is 2.96. The molecule has 6 nitrogen and oxygen atoms in total. The van der Waals surface area contributed by atoms with Crippen molar-refractivity contribution in [3.63, 3.8) is 0 Å². The molecule has 1 atom stereocenters. The molecule has 1 aromatic heterocycles. The third kappa shape index (κ3) is 2.77. The molecule has 4 aromatic rings. The van der Waals surface area contributed by atoms with Crippen LogP contribution in [0.5, 0.6) is 0 Å². The van der Waals surface area contributed by atoms with Gasteiger partial charge in [-0.05, 0) is 61.6 Å². The van der Waals surface area contributed by atoms with Crippen molar-refractivity contribution in [2.75, 3.05) is 10.0 Å². The van der Waals surface area contributed by atoms with Gasteiger partial charge in [-0.25, -0.2) is 8.42 Å². The van der Waals surface area contributed by atoms with Crippen molar-refractivity contribution < 1.29 is 17.6 Å². The minimum atomic E-state index is -3.89. The Balaban J connectivity index is 1.47. The van der Waals surface area contributed by atoms with Crippen LogP contribution in [0.25, 0.3) is 21.7 Å². The smallest absolute Gasteiger partial charge is 0.262 e. The normalized spacial score (nSPS) is 17.6. The number of rotatable bonds is 3. The van der Waals surface area contributed by atoms with Crippen molar-refractivity contribution in [2.24, 2.45) is 5.92 Å². The van der Waals surface area contributed by atoms with E-state index in [9.17, 15) is 13.2 Å². The van der Waals surface area contributed by atoms with E-state index in [1.165, 1.54) is 5.56 Å². The van der Waals surface area contributed by atoms with Gasteiger partial charge in [-0.2, -0.15) is 0 Å². The molecule has 6 rings (SSSR count). The molecule has 0 radical (unpaired) electrons. The highest BCUT2D eigenvalue weighted by molar-refractivity contribution is 7.93. The van der Waals surface area contributed by atoms with Crippen molar-refractivity contribution in [1.29, 1.82) is 0 Å². The highest BCUT2D eigenvalue weighted by atomic mass is 32.2. The molecule has 0 saturated carbocycles. The summed E-state index contributed by atoms with van der Waals surface area (Å²) in [5.41, 5.74) is 4.45. The number of hydrogen-bond acceptors (Lipinski definition) is 4. The predicted octanol–water partition coefficient (Wildman–Crippen LogP) is 5.39. The number of amides is 1. The minimum Gasteiger partial charge on any atom is -0.461 e. The van der Waals surface area contributed by atoms with Crippen LogP contribution in [-0.4, -0.2) is 14.3 Å². The van der Waals surface area contributed by atoms with Crippen LogP contribution in [0.1, 0.15) is 40.6 Å². The number of carbonyl (C=O) groups is 1. The van der Waals surface area contributed by atoms with Gasteiger partial charge in [-0.15, -0.1) is 0 Å². The van der Waals surface area contributed by atoms with Crippen LogP contribution >= 0.6 is 0 Å². The number of nitrogens with one attached hydrogen (secondary N) is 2. The van der Waals surface area contributed by atoms with Crippen LogP contribution in [0.4, 0.5) is 11.4 Å². The van der Waals surface area contributed by atoms with E-state index in [0.29, 0.717) is 33.6 Å². The third-order valence-corrected chi connectivity index (χ3v) is 8.09. The Bertz CT molecular complexity index is 1570. The van der Waals surface area contributed by atoms with E-state index in [-0.39, 0.29) is 10.8 Å². The molecular weight excluding hydrogens is 424 g/mol. The van der Waals surface area contributed by atoms with Crippen LogP contribution in [0, 0.1) is 12.8 Å². The maximum absolute atomic E-state index is 13.5. The number of hydrogen-bond donors (Lipinski definition) is 2. The van der Waals surface area contributed by atoms with Gasteiger partial charge in [-0.3, -0.25) is 9.52 Å². The lowest BCUT2D eigenvalue weighted by Crippen LogP contribution is -2.14. The molecule has 2 aliphatic rings. The quantitative estimate of drug-likeness (QED) is 0.442. The summed E-state index contributed by atoms with van der Waals surface area (Å²) >= 11 is 0. The van der Waals surface area contributed by atoms with Crippen molar-refractivity contribution >= 4 is 49.0 Å². The SMILES string of the molecule is Cc1cc2oc3c(c2cc1NS(=O)(=O)c1ccc2c4c(cccc14)C(=O)N2)C[C@@H](C)CC3. The number of sulfonamides is 1. The predicted molar refractivity (Wildman–Crippen MR) is 125 cm³/mol. The van der Waals surface area contributed by atoms with Crippen molar-refractivity contribution in [2.45, 2.75) is 38.0 Å². The summed E-state index contributed by atoms with van der Waals surface area (Å²) in [6, 6.07) is 12.2. The molecule has 2 N–H and O–H groups in total. The van der Waals surface area contributed by atoms with E-state index in [4.69, 9.17) is 4.42 Å². The maximum atomic E-state index is 13.5. The van der Waals surface area contributed by atoms with E-state index in [1.54, 1.807) is 30.3 Å². The molecule has 0 spiro atoms. The zero-order valence-corrected chi connectivity index (χ0v) is 18.6. The Morgan fingerprint density at radius 2 is 1.97 bits per heavy atom. The molecule has 0 fully saturated rings. The standard InChI is InChI=1S/C25H22N2O4S/c1-13-6-8-21-17(10-13)18-12-20(14(2)11-22(18)31-21)27-32(29,30)23-9-7-19-24-15(23)4-3-5-16(24)25(28)26-19/h3-5,7,9,11-13,27H,6,8,10H2,1-2H3,(H,26,28)/t13-/m0/s1. The minimum absolute atomic E-state index is 0.150. The van der Waals surface area contributed by atoms with Gasteiger partial charge in [0.2, 0.25) is 0 Å². The summed E-state index contributed by atoms with van der Waals surface area (Å²) in [5.74, 6) is 1.38. The lowest BCUT2D eigenvalue weighted by Gasteiger charge is -2.17. The van der Waals surface area contributed by atoms with Gasteiger partial charge in [0.15, 0.2) is 0 Å². The first-order chi connectivity index (χ1) is 15.3. The molecule has 0 saturated heterocycles. The highest BCUT2D eigenvalue weighted by Gasteiger charge is 2.27. The van der Waals surface area contributed by atoms with E-state index < -0.39 is 10.0 Å². The Kier molecular flexibility index (Phi) is 3.99. The van der Waals surface area contributed by atoms with E-state index in [2.05, 4.69) is 17.0 Å². The van der Waals surface area contributed by atoms with Crippen LogP contribution in [0.3, 0.4) is 0 Å². The van der Waals surface area contributed by atoms with Crippen LogP contribution < -0.4 is 10.0 Å². The monoisotopic (exact) mass is 446 g/mol. The second-order valence-electron chi connectivity index (χ2n) is 8.91. The van der Waals surface area contributed by atoms with Crippen molar-refractivity contribution in [1.82, 2.24) is 0 Å². The zero-order valence-electron chi connectivity index (χ0n) is 17.8. The van der Waals surface area contributed by atoms with Gasteiger partial charge in [0.05, 0.1) is 10.6 Å². The fourth-order valence-corrected chi connectivity index (χ4v) is 6.33. The van der Waals surface area contributed by atoms with Gasteiger partial charge in [-0.1, -0.05) is 19.1 Å². The molecule has 1 aliphatic carbocycles. The molecule has 0 bridgehead atoms. The average molecular weight is 447 g/mol. The molecule has 0 unspecified atom stereocenters. The number of furan rings is 1. The Morgan fingerprint density at radius 3 is 2.81 bits per heavy atom. The highest BCUT2D eigenvalue weighted by Crippen LogP contribution is 2.39. The first kappa shape index (κ1) is 19.4. The zero-order chi connectivity index (χ0) is 22.2. The summed E-state index contributed by atoms with van der Waals surface area (Å²) in [7, 11) is -3.89. The first-order valence-electron chi connectivity index (χ1n) is 10.8. The van der Waals surface area contributed by atoms with Gasteiger partial charge in [0.25, 0.3) is 15.9 Å². The summed E-state index contributed by atoms with van der Waals surface area (Å²) in [4.78, 5) is 12.3. The van der Waals surface area contributed by atoms with Crippen LogP contribution in [0.2, 0.25) is 0 Å². The van der Waals surface area contributed by atoms with Crippen LogP contribution in [0.15, 0.2) is 51.8 Å². The van der Waals surface area contributed by atoms with Crippen molar-refractivity contribution in [3.05, 3.63) is 64.9 Å². The van der Waals surface area contributed by atoms with Crippen LogP contribution in [-0.2, 0) is 22.9 Å². The van der Waals surface area contributed by atoms with E-state index >= 15 is 0 Å². The van der Waals surface area contributed by atoms with Gasteiger partial charge in [0, 0.05) is 39.4 Å². The number of benzene rings is 3.